The van der Waals surface area contributed by atoms with Crippen LogP contribution in [0.25, 0.3) is 0 Å². The largest absolute Gasteiger partial charge is 0.252 e. The van der Waals surface area contributed by atoms with Gasteiger partial charge in [-0.25, -0.2) is 14.6 Å². The van der Waals surface area contributed by atoms with Gasteiger partial charge in [-0.3, -0.25) is 0 Å². The summed E-state index contributed by atoms with van der Waals surface area (Å²) >= 11 is 3.29. The van der Waals surface area contributed by atoms with Gasteiger partial charge < -0.3 is 0 Å². The Kier molecular flexibility index (Phi) is 2.74. The molecule has 15 heavy (non-hydrogen) atoms. The first-order valence-electron chi connectivity index (χ1n) is 4.19. The lowest BCUT2D eigenvalue weighted by atomic mass is 10.3. The molecule has 5 nitrogen and oxygen atoms in total. The number of nitrogens with zero attached hydrogens (tertiary/aromatic N) is 5. The van der Waals surface area contributed by atoms with Crippen molar-refractivity contribution in [3.63, 3.8) is 0 Å². The minimum Gasteiger partial charge on any atom is -0.246 e. The third-order valence-electron chi connectivity index (χ3n) is 1.73. The molecule has 0 atom stereocenters. The second-order valence-corrected chi connectivity index (χ2v) is 3.64. The topological polar surface area (TPSA) is 67.4 Å². The summed E-state index contributed by atoms with van der Waals surface area (Å²) in [5, 5.41) is 12.5. The van der Waals surface area contributed by atoms with Gasteiger partial charge in [0.25, 0.3) is 5.82 Å². The molecule has 6 heteroatoms. The lowest BCUT2D eigenvalue weighted by Crippen LogP contribution is -2.02. The van der Waals surface area contributed by atoms with E-state index in [1.807, 2.05) is 24.3 Å². The number of pyridine rings is 1. The number of hydrogen-bond acceptors (Lipinski definition) is 4. The van der Waals surface area contributed by atoms with Gasteiger partial charge in [0.15, 0.2) is 0 Å². The van der Waals surface area contributed by atoms with Gasteiger partial charge in [-0.1, -0.05) is 6.07 Å². The van der Waals surface area contributed by atoms with Gasteiger partial charge in [-0.2, -0.15) is 5.26 Å². The smallest absolute Gasteiger partial charge is 0.246 e. The molecule has 0 aliphatic carbocycles. The van der Waals surface area contributed by atoms with Gasteiger partial charge in [-0.15, -0.1) is 5.10 Å². The van der Waals surface area contributed by atoms with Crippen LogP contribution < -0.4 is 0 Å². The molecule has 2 aromatic heterocycles. The van der Waals surface area contributed by atoms with Crippen LogP contribution in [-0.2, 0) is 6.54 Å². The SMILES string of the molecule is N#Cc1ncn(Cc2cccc(Br)n2)n1. The van der Waals surface area contributed by atoms with Gasteiger partial charge in [0, 0.05) is 0 Å². The molecule has 0 N–H and O–H groups in total. The van der Waals surface area contributed by atoms with E-state index in [0.717, 1.165) is 10.3 Å². The first-order chi connectivity index (χ1) is 7.28. The van der Waals surface area contributed by atoms with Crippen LogP contribution in [0.2, 0.25) is 0 Å². The lowest BCUT2D eigenvalue weighted by molar-refractivity contribution is 0.667. The highest BCUT2D eigenvalue weighted by molar-refractivity contribution is 9.10. The molecule has 0 aromatic carbocycles. The molecule has 0 unspecified atom stereocenters. The Hall–Kier alpha value is -1.74. The second-order valence-electron chi connectivity index (χ2n) is 2.83. The highest BCUT2D eigenvalue weighted by Crippen LogP contribution is 2.07. The van der Waals surface area contributed by atoms with Gasteiger partial charge >= 0.3 is 0 Å². The summed E-state index contributed by atoms with van der Waals surface area (Å²) in [6.45, 7) is 0.508. The van der Waals surface area contributed by atoms with E-state index in [-0.39, 0.29) is 5.82 Å². The molecule has 2 rings (SSSR count). The molecule has 0 bridgehead atoms. The van der Waals surface area contributed by atoms with Crippen molar-refractivity contribution in [2.45, 2.75) is 6.54 Å². The average Bonchev–Trinajstić information content (AvgIpc) is 2.65. The fourth-order valence-corrected chi connectivity index (χ4v) is 1.51. The van der Waals surface area contributed by atoms with Crippen LogP contribution in [0.5, 0.6) is 0 Å². The van der Waals surface area contributed by atoms with Gasteiger partial charge in [0.1, 0.15) is 17.0 Å². The normalized spacial score (nSPS) is 9.87. The predicted octanol–water partition coefficient (Wildman–Crippen LogP) is 1.36. The van der Waals surface area contributed by atoms with Crippen LogP contribution in [0.4, 0.5) is 0 Å². The van der Waals surface area contributed by atoms with E-state index in [0.29, 0.717) is 6.54 Å². The number of halogens is 1. The van der Waals surface area contributed by atoms with Crippen LogP contribution in [-0.4, -0.2) is 19.7 Å². The van der Waals surface area contributed by atoms with Crippen molar-refractivity contribution in [1.29, 1.82) is 5.26 Å². The summed E-state index contributed by atoms with van der Waals surface area (Å²) in [6.07, 6.45) is 1.52. The van der Waals surface area contributed by atoms with E-state index in [2.05, 4.69) is 31.0 Å². The molecule has 0 amide bonds. The van der Waals surface area contributed by atoms with Gasteiger partial charge in [-0.05, 0) is 28.1 Å². The van der Waals surface area contributed by atoms with Crippen molar-refractivity contribution in [2.75, 3.05) is 0 Å². The molecular formula is C9H6BrN5. The number of aromatic nitrogens is 4. The van der Waals surface area contributed by atoms with Crippen molar-refractivity contribution >= 4 is 15.9 Å². The second kappa shape index (κ2) is 4.19. The van der Waals surface area contributed by atoms with Crippen LogP contribution in [0.1, 0.15) is 11.5 Å². The Morgan fingerprint density at radius 3 is 3.00 bits per heavy atom. The van der Waals surface area contributed by atoms with Crippen LogP contribution in [0.15, 0.2) is 29.1 Å². The number of rotatable bonds is 2. The van der Waals surface area contributed by atoms with Crippen molar-refractivity contribution < 1.29 is 0 Å². The maximum atomic E-state index is 8.55. The third-order valence-corrected chi connectivity index (χ3v) is 2.17. The minimum absolute atomic E-state index is 0.171. The summed E-state index contributed by atoms with van der Waals surface area (Å²) in [4.78, 5) is 8.05. The monoisotopic (exact) mass is 263 g/mol. The fourth-order valence-electron chi connectivity index (χ4n) is 1.13. The summed E-state index contributed by atoms with van der Waals surface area (Å²) in [7, 11) is 0. The van der Waals surface area contributed by atoms with E-state index >= 15 is 0 Å². The minimum atomic E-state index is 0.171. The quantitative estimate of drug-likeness (QED) is 0.768. The first-order valence-corrected chi connectivity index (χ1v) is 4.98. The summed E-state index contributed by atoms with van der Waals surface area (Å²) in [5.74, 6) is 0.171. The Bertz CT molecular complexity index is 513. The van der Waals surface area contributed by atoms with Crippen molar-refractivity contribution in [3.05, 3.63) is 40.6 Å². The zero-order valence-corrected chi connectivity index (χ0v) is 9.22. The Morgan fingerprint density at radius 2 is 2.33 bits per heavy atom. The van der Waals surface area contributed by atoms with E-state index in [1.54, 1.807) is 4.68 Å². The third kappa shape index (κ3) is 2.39. The average molecular weight is 264 g/mol. The van der Waals surface area contributed by atoms with E-state index in [9.17, 15) is 0 Å². The zero-order chi connectivity index (χ0) is 10.7. The Balaban J connectivity index is 2.19. The molecule has 0 radical (unpaired) electrons. The van der Waals surface area contributed by atoms with Crippen LogP contribution >= 0.6 is 15.9 Å². The molecule has 0 saturated heterocycles. The molecule has 2 aromatic rings. The molecule has 2 heterocycles. The number of hydrogen-bond donors (Lipinski definition) is 0. The highest BCUT2D eigenvalue weighted by atomic mass is 79.9. The molecular weight excluding hydrogens is 258 g/mol. The summed E-state index contributed by atoms with van der Waals surface area (Å²) in [5.41, 5.74) is 0.860. The molecule has 74 valence electrons. The maximum Gasteiger partial charge on any atom is 0.252 e. The number of nitriles is 1. The Labute approximate surface area is 94.5 Å². The highest BCUT2D eigenvalue weighted by Gasteiger charge is 2.01. The molecule has 0 aliphatic heterocycles. The molecule has 0 spiro atoms. The van der Waals surface area contributed by atoms with E-state index < -0.39 is 0 Å². The summed E-state index contributed by atoms with van der Waals surface area (Å²) in [6, 6.07) is 7.51. The molecule has 0 aliphatic rings. The standard InChI is InChI=1S/C9H6BrN5/c10-8-3-1-2-7(13-8)5-15-6-12-9(4-11)14-15/h1-3,6H,5H2. The van der Waals surface area contributed by atoms with Crippen molar-refractivity contribution in [1.82, 2.24) is 19.7 Å². The fraction of sp³-hybridized carbons (Fsp3) is 0.111. The van der Waals surface area contributed by atoms with E-state index in [1.165, 1.54) is 6.33 Å². The van der Waals surface area contributed by atoms with Gasteiger partial charge in [0.05, 0.1) is 12.2 Å². The Morgan fingerprint density at radius 1 is 1.47 bits per heavy atom. The molecule has 0 saturated carbocycles. The van der Waals surface area contributed by atoms with Crippen molar-refractivity contribution in [3.8, 4) is 6.07 Å². The van der Waals surface area contributed by atoms with Crippen molar-refractivity contribution in [2.24, 2.45) is 0 Å². The predicted molar refractivity (Wildman–Crippen MR) is 55.8 cm³/mol. The summed E-state index contributed by atoms with van der Waals surface area (Å²) < 4.78 is 2.36. The lowest BCUT2D eigenvalue weighted by Gasteiger charge is -1.99. The van der Waals surface area contributed by atoms with E-state index in [4.69, 9.17) is 5.26 Å². The zero-order valence-electron chi connectivity index (χ0n) is 7.63. The maximum absolute atomic E-state index is 8.55. The van der Waals surface area contributed by atoms with Crippen LogP contribution in [0.3, 0.4) is 0 Å². The van der Waals surface area contributed by atoms with Crippen LogP contribution in [0, 0.1) is 11.3 Å². The van der Waals surface area contributed by atoms with Gasteiger partial charge in [0.2, 0.25) is 0 Å². The molecule has 0 fully saturated rings. The first kappa shape index (κ1) is 9.80.